The summed E-state index contributed by atoms with van der Waals surface area (Å²) in [5.74, 6) is -1.34. The molecule has 3 N–H and O–H groups in total. The minimum absolute atomic E-state index is 0.0613. The second-order valence-electron chi connectivity index (χ2n) is 5.95. The Morgan fingerprint density at radius 1 is 1.44 bits per heavy atom. The Morgan fingerprint density at radius 3 is 2.72 bits per heavy atom. The molecule has 0 aromatic carbocycles. The lowest BCUT2D eigenvalue weighted by Crippen LogP contribution is -2.37. The summed E-state index contributed by atoms with van der Waals surface area (Å²) in [4.78, 5) is 47.2. The first-order valence-electron chi connectivity index (χ1n) is 7.34. The van der Waals surface area contributed by atoms with Crippen LogP contribution in [0.15, 0.2) is 21.9 Å². The predicted molar refractivity (Wildman–Crippen MR) is 80.0 cm³/mol. The summed E-state index contributed by atoms with van der Waals surface area (Å²) in [6.07, 6.45) is -2.81. The van der Waals surface area contributed by atoms with Crippen LogP contribution < -0.4 is 11.2 Å². The van der Waals surface area contributed by atoms with E-state index in [2.05, 4.69) is 4.74 Å². The normalized spacial score (nSPS) is 23.2. The molecule has 138 valence electrons. The van der Waals surface area contributed by atoms with Gasteiger partial charge in [0, 0.05) is 18.7 Å². The highest BCUT2D eigenvalue weighted by atomic mass is 16.7. The summed E-state index contributed by atoms with van der Waals surface area (Å²) in [7, 11) is 0. The number of aliphatic carboxylic acids is 1. The van der Waals surface area contributed by atoms with E-state index in [9.17, 15) is 24.3 Å². The molecule has 3 unspecified atom stereocenters. The number of aliphatic hydroxyl groups is 1. The largest absolute Gasteiger partial charge is 0.509 e. The minimum Gasteiger partial charge on any atom is -0.478 e. The second-order valence-corrected chi connectivity index (χ2v) is 5.95. The number of carboxylic acid groups (broad SMARTS) is 1. The number of carbonyl (C=O) groups excluding carboxylic acids is 1. The van der Waals surface area contributed by atoms with Gasteiger partial charge in [-0.05, 0) is 13.8 Å². The molecule has 2 rings (SSSR count). The van der Waals surface area contributed by atoms with Crippen LogP contribution in [0.3, 0.4) is 0 Å². The van der Waals surface area contributed by atoms with Crippen molar-refractivity contribution in [2.24, 2.45) is 0 Å². The van der Waals surface area contributed by atoms with Gasteiger partial charge in [-0.3, -0.25) is 14.3 Å². The maximum absolute atomic E-state index is 11.7. The van der Waals surface area contributed by atoms with Crippen molar-refractivity contribution in [3.05, 3.63) is 33.1 Å². The van der Waals surface area contributed by atoms with Crippen molar-refractivity contribution in [3.63, 3.8) is 0 Å². The van der Waals surface area contributed by atoms with E-state index in [-0.39, 0.29) is 13.0 Å². The SMILES string of the molecule is CC(C)(OC(=O)OCC1CC(O)C(n2ccc(=O)[nH]c2=O)O1)C(=O)O. The molecule has 0 radical (unpaired) electrons. The van der Waals surface area contributed by atoms with Crippen LogP contribution in [0.25, 0.3) is 0 Å². The number of rotatable bonds is 5. The molecule has 1 aromatic rings. The van der Waals surface area contributed by atoms with Crippen LogP contribution in [0, 0.1) is 0 Å². The number of aromatic nitrogens is 2. The Kier molecular flexibility index (Phi) is 5.28. The number of aromatic amines is 1. The number of H-pyrrole nitrogens is 1. The van der Waals surface area contributed by atoms with Crippen LogP contribution in [-0.4, -0.2) is 56.3 Å². The van der Waals surface area contributed by atoms with E-state index in [1.165, 1.54) is 20.0 Å². The summed E-state index contributed by atoms with van der Waals surface area (Å²) in [6, 6.07) is 1.10. The van der Waals surface area contributed by atoms with E-state index >= 15 is 0 Å². The summed E-state index contributed by atoms with van der Waals surface area (Å²) < 4.78 is 15.9. The zero-order valence-electron chi connectivity index (χ0n) is 13.5. The third-order valence-electron chi connectivity index (χ3n) is 3.53. The second kappa shape index (κ2) is 7.07. The van der Waals surface area contributed by atoms with Crippen molar-refractivity contribution < 1.29 is 34.0 Å². The number of nitrogens with zero attached hydrogens (tertiary/aromatic N) is 1. The van der Waals surface area contributed by atoms with Gasteiger partial charge >= 0.3 is 17.8 Å². The fraction of sp³-hybridized carbons (Fsp3) is 0.571. The number of hydrogen-bond donors (Lipinski definition) is 3. The Bertz CT molecular complexity index is 766. The smallest absolute Gasteiger partial charge is 0.478 e. The van der Waals surface area contributed by atoms with Gasteiger partial charge in [0.2, 0.25) is 5.60 Å². The molecular weight excluding hydrogens is 340 g/mol. The molecule has 1 saturated heterocycles. The van der Waals surface area contributed by atoms with Crippen molar-refractivity contribution in [2.75, 3.05) is 6.61 Å². The number of aliphatic hydroxyl groups excluding tert-OH is 1. The fourth-order valence-corrected chi connectivity index (χ4v) is 2.16. The molecule has 0 spiro atoms. The predicted octanol–water partition coefficient (Wildman–Crippen LogP) is -0.799. The maximum Gasteiger partial charge on any atom is 0.509 e. The monoisotopic (exact) mass is 358 g/mol. The number of carbonyl (C=O) groups is 2. The number of carboxylic acids is 1. The summed E-state index contributed by atoms with van der Waals surface area (Å²) in [5, 5.41) is 18.9. The highest BCUT2D eigenvalue weighted by Gasteiger charge is 2.37. The average molecular weight is 358 g/mol. The van der Waals surface area contributed by atoms with Gasteiger partial charge in [-0.2, -0.15) is 0 Å². The first kappa shape index (κ1) is 18.7. The molecule has 0 bridgehead atoms. The van der Waals surface area contributed by atoms with Gasteiger partial charge in [-0.15, -0.1) is 0 Å². The van der Waals surface area contributed by atoms with Crippen LogP contribution >= 0.6 is 0 Å². The zero-order valence-corrected chi connectivity index (χ0v) is 13.5. The van der Waals surface area contributed by atoms with E-state index in [1.807, 2.05) is 4.98 Å². The van der Waals surface area contributed by atoms with Gasteiger partial charge in [0.15, 0.2) is 6.23 Å². The Morgan fingerprint density at radius 2 is 2.12 bits per heavy atom. The van der Waals surface area contributed by atoms with E-state index in [0.717, 1.165) is 10.6 Å². The van der Waals surface area contributed by atoms with Gasteiger partial charge in [0.25, 0.3) is 5.56 Å². The Hall–Kier alpha value is -2.66. The molecule has 3 atom stereocenters. The van der Waals surface area contributed by atoms with E-state index in [1.54, 1.807) is 0 Å². The summed E-state index contributed by atoms with van der Waals surface area (Å²) >= 11 is 0. The molecule has 25 heavy (non-hydrogen) atoms. The van der Waals surface area contributed by atoms with Crippen molar-refractivity contribution >= 4 is 12.1 Å². The molecule has 1 aliphatic rings. The standard InChI is InChI=1S/C14H18N2O9/c1-14(2,11(19)20)25-13(22)23-6-7-5-8(17)10(24-7)16-4-3-9(18)15-12(16)21/h3-4,7-8,10,17H,5-6H2,1-2H3,(H,19,20)(H,15,18,21). The molecule has 1 aromatic heterocycles. The number of ether oxygens (including phenoxy) is 3. The maximum atomic E-state index is 11.7. The average Bonchev–Trinajstić information content (AvgIpc) is 2.85. The Labute approximate surface area is 140 Å². The molecule has 0 amide bonds. The van der Waals surface area contributed by atoms with Crippen LogP contribution in [-0.2, 0) is 19.0 Å². The summed E-state index contributed by atoms with van der Waals surface area (Å²) in [6.45, 7) is 2.07. The van der Waals surface area contributed by atoms with Crippen LogP contribution in [0.2, 0.25) is 0 Å². The number of nitrogens with one attached hydrogen (secondary N) is 1. The van der Waals surface area contributed by atoms with Crippen LogP contribution in [0.1, 0.15) is 26.5 Å². The zero-order chi connectivity index (χ0) is 18.8. The topological polar surface area (TPSA) is 157 Å². The highest BCUT2D eigenvalue weighted by molar-refractivity contribution is 5.79. The molecule has 11 heteroatoms. The molecule has 1 aliphatic heterocycles. The van der Waals surface area contributed by atoms with Crippen LogP contribution in [0.5, 0.6) is 0 Å². The fourth-order valence-electron chi connectivity index (χ4n) is 2.16. The van der Waals surface area contributed by atoms with E-state index < -0.39 is 47.4 Å². The van der Waals surface area contributed by atoms with Gasteiger partial charge in [-0.25, -0.2) is 14.4 Å². The third kappa shape index (κ3) is 4.45. The van der Waals surface area contributed by atoms with Gasteiger partial charge in [0.1, 0.15) is 12.7 Å². The molecule has 11 nitrogen and oxygen atoms in total. The van der Waals surface area contributed by atoms with Crippen LogP contribution in [0.4, 0.5) is 4.79 Å². The van der Waals surface area contributed by atoms with Gasteiger partial charge in [0.05, 0.1) is 6.10 Å². The van der Waals surface area contributed by atoms with Crippen molar-refractivity contribution in [1.29, 1.82) is 0 Å². The van der Waals surface area contributed by atoms with Crippen molar-refractivity contribution in [3.8, 4) is 0 Å². The first-order valence-corrected chi connectivity index (χ1v) is 7.34. The molecule has 1 fully saturated rings. The van der Waals surface area contributed by atoms with Gasteiger partial charge < -0.3 is 24.4 Å². The van der Waals surface area contributed by atoms with E-state index in [4.69, 9.17) is 14.6 Å². The van der Waals surface area contributed by atoms with E-state index in [0.29, 0.717) is 0 Å². The first-order chi connectivity index (χ1) is 11.6. The lowest BCUT2D eigenvalue weighted by Gasteiger charge is -2.20. The molecule has 0 aliphatic carbocycles. The lowest BCUT2D eigenvalue weighted by atomic mass is 10.1. The van der Waals surface area contributed by atoms with Crippen molar-refractivity contribution in [1.82, 2.24) is 9.55 Å². The highest BCUT2D eigenvalue weighted by Crippen LogP contribution is 2.27. The third-order valence-corrected chi connectivity index (χ3v) is 3.53. The molecule has 2 heterocycles. The lowest BCUT2D eigenvalue weighted by molar-refractivity contribution is -0.157. The Balaban J connectivity index is 1.93. The number of hydrogen-bond acceptors (Lipinski definition) is 8. The van der Waals surface area contributed by atoms with Crippen molar-refractivity contribution in [2.45, 2.75) is 44.3 Å². The molecular formula is C14H18N2O9. The molecule has 0 saturated carbocycles. The quantitative estimate of drug-likeness (QED) is 0.573. The minimum atomic E-state index is -1.75. The van der Waals surface area contributed by atoms with Gasteiger partial charge in [-0.1, -0.05) is 0 Å². The summed E-state index contributed by atoms with van der Waals surface area (Å²) in [5.41, 5.74) is -3.09.